The van der Waals surface area contributed by atoms with Crippen LogP contribution in [0.2, 0.25) is 0 Å². The van der Waals surface area contributed by atoms with Crippen molar-refractivity contribution in [1.82, 2.24) is 5.32 Å². The molecular weight excluding hydrogens is 186 g/mol. The maximum Gasteiger partial charge on any atom is 0.262 e. The van der Waals surface area contributed by atoms with E-state index in [0.717, 1.165) is 23.6 Å². The van der Waals surface area contributed by atoms with Gasteiger partial charge in [0.05, 0.1) is 7.11 Å². The lowest BCUT2D eigenvalue weighted by Gasteiger charge is -2.19. The van der Waals surface area contributed by atoms with E-state index in [9.17, 15) is 0 Å². The number of methoxy groups -OCH3 is 1. The Morgan fingerprint density at radius 2 is 2.38 bits per heavy atom. The van der Waals surface area contributed by atoms with Crippen LogP contribution < -0.4 is 14.8 Å². The Morgan fingerprint density at radius 3 is 3.15 bits per heavy atom. The van der Waals surface area contributed by atoms with E-state index in [1.165, 1.54) is 0 Å². The van der Waals surface area contributed by atoms with Crippen molar-refractivity contribution in [3.8, 4) is 11.5 Å². The second-order valence-electron chi connectivity index (χ2n) is 2.72. The van der Waals surface area contributed by atoms with Gasteiger partial charge in [0.15, 0.2) is 0 Å². The number of ether oxygens (including phenoxy) is 2. The summed E-state index contributed by atoms with van der Waals surface area (Å²) >= 11 is 4.89. The van der Waals surface area contributed by atoms with Gasteiger partial charge in [-0.3, -0.25) is 0 Å². The molecule has 1 aromatic rings. The molecule has 1 aromatic carbocycles. The molecule has 0 aliphatic carbocycles. The lowest BCUT2D eigenvalue weighted by molar-refractivity contribution is 0.409. The maximum atomic E-state index is 5.31. The van der Waals surface area contributed by atoms with Crippen LogP contribution in [0.1, 0.15) is 5.56 Å². The van der Waals surface area contributed by atoms with Crippen LogP contribution in [0.25, 0.3) is 0 Å². The summed E-state index contributed by atoms with van der Waals surface area (Å²) in [6, 6.07) is 5.70. The fraction of sp³-hybridized carbons (Fsp3) is 0.222. The standard InChI is InChI=1S/C9H9NO2S/c1-11-7-3-2-6-5-10-9(13)12-8(6)4-7/h2-4H,5H2,1H3,(H,10,13). The zero-order valence-electron chi connectivity index (χ0n) is 7.16. The molecule has 0 atom stereocenters. The molecule has 0 bridgehead atoms. The zero-order chi connectivity index (χ0) is 9.26. The van der Waals surface area contributed by atoms with Crippen molar-refractivity contribution in [3.63, 3.8) is 0 Å². The van der Waals surface area contributed by atoms with Gasteiger partial charge in [0.25, 0.3) is 5.17 Å². The molecule has 0 unspecified atom stereocenters. The fourth-order valence-electron chi connectivity index (χ4n) is 1.21. The lowest BCUT2D eigenvalue weighted by Crippen LogP contribution is -2.30. The number of rotatable bonds is 1. The van der Waals surface area contributed by atoms with Gasteiger partial charge in [-0.2, -0.15) is 0 Å². The molecule has 0 radical (unpaired) electrons. The quantitative estimate of drug-likeness (QED) is 0.687. The van der Waals surface area contributed by atoms with Crippen molar-refractivity contribution in [2.45, 2.75) is 6.54 Å². The minimum Gasteiger partial charge on any atom is -0.497 e. The Morgan fingerprint density at radius 1 is 1.54 bits per heavy atom. The van der Waals surface area contributed by atoms with Crippen LogP contribution >= 0.6 is 12.2 Å². The highest BCUT2D eigenvalue weighted by atomic mass is 32.1. The van der Waals surface area contributed by atoms with E-state index in [4.69, 9.17) is 21.7 Å². The van der Waals surface area contributed by atoms with Gasteiger partial charge in [-0.15, -0.1) is 0 Å². The van der Waals surface area contributed by atoms with Crippen molar-refractivity contribution in [1.29, 1.82) is 0 Å². The smallest absolute Gasteiger partial charge is 0.262 e. The average Bonchev–Trinajstić information content (AvgIpc) is 2.16. The lowest BCUT2D eigenvalue weighted by atomic mass is 10.2. The Bertz CT molecular complexity index is 351. The Labute approximate surface area is 81.7 Å². The van der Waals surface area contributed by atoms with E-state index in [-0.39, 0.29) is 0 Å². The summed E-state index contributed by atoms with van der Waals surface area (Å²) in [6.45, 7) is 0.720. The van der Waals surface area contributed by atoms with Gasteiger partial charge in [-0.05, 0) is 24.4 Å². The van der Waals surface area contributed by atoms with Gasteiger partial charge in [0.2, 0.25) is 0 Å². The van der Waals surface area contributed by atoms with Crippen molar-refractivity contribution in [2.75, 3.05) is 7.11 Å². The molecule has 0 fully saturated rings. The van der Waals surface area contributed by atoms with Crippen molar-refractivity contribution in [2.24, 2.45) is 0 Å². The van der Waals surface area contributed by atoms with Crippen LogP contribution in [0.5, 0.6) is 11.5 Å². The molecule has 1 aliphatic heterocycles. The van der Waals surface area contributed by atoms with E-state index in [2.05, 4.69) is 5.32 Å². The molecule has 0 saturated heterocycles. The number of nitrogens with one attached hydrogen (secondary N) is 1. The third-order valence-corrected chi connectivity index (χ3v) is 2.13. The SMILES string of the molecule is COc1ccc2c(c1)OC(=S)NC2. The molecule has 3 nitrogen and oxygen atoms in total. The topological polar surface area (TPSA) is 30.5 Å². The molecule has 0 spiro atoms. The van der Waals surface area contributed by atoms with Crippen LogP contribution in [0.3, 0.4) is 0 Å². The van der Waals surface area contributed by atoms with Gasteiger partial charge >= 0.3 is 0 Å². The average molecular weight is 195 g/mol. The fourth-order valence-corrected chi connectivity index (χ4v) is 1.37. The molecule has 13 heavy (non-hydrogen) atoms. The van der Waals surface area contributed by atoms with Crippen LogP contribution in [0.15, 0.2) is 18.2 Å². The summed E-state index contributed by atoms with van der Waals surface area (Å²) in [5, 5.41) is 3.36. The monoisotopic (exact) mass is 195 g/mol. The second kappa shape index (κ2) is 3.22. The van der Waals surface area contributed by atoms with Gasteiger partial charge in [-0.25, -0.2) is 0 Å². The molecule has 1 N–H and O–H groups in total. The van der Waals surface area contributed by atoms with Crippen molar-refractivity contribution < 1.29 is 9.47 Å². The molecular formula is C9H9NO2S. The maximum absolute atomic E-state index is 5.31. The van der Waals surface area contributed by atoms with Gasteiger partial charge < -0.3 is 14.8 Å². The molecule has 0 saturated carbocycles. The summed E-state index contributed by atoms with van der Waals surface area (Å²) in [4.78, 5) is 0. The van der Waals surface area contributed by atoms with E-state index >= 15 is 0 Å². The zero-order valence-corrected chi connectivity index (χ0v) is 7.98. The molecule has 4 heteroatoms. The molecule has 0 amide bonds. The summed E-state index contributed by atoms with van der Waals surface area (Å²) in [5.74, 6) is 1.56. The largest absolute Gasteiger partial charge is 0.497 e. The summed E-state index contributed by atoms with van der Waals surface area (Å²) < 4.78 is 10.4. The molecule has 1 heterocycles. The third kappa shape index (κ3) is 1.58. The highest BCUT2D eigenvalue weighted by Gasteiger charge is 2.13. The molecule has 2 rings (SSSR count). The number of thiocarbonyl (C=S) groups is 1. The molecule has 1 aliphatic rings. The van der Waals surface area contributed by atoms with Crippen molar-refractivity contribution in [3.05, 3.63) is 23.8 Å². The van der Waals surface area contributed by atoms with Gasteiger partial charge in [0, 0.05) is 18.2 Å². The number of hydrogen-bond acceptors (Lipinski definition) is 3. The first-order valence-corrected chi connectivity index (χ1v) is 4.33. The first-order valence-electron chi connectivity index (χ1n) is 3.92. The highest BCUT2D eigenvalue weighted by molar-refractivity contribution is 7.80. The molecule has 68 valence electrons. The number of fused-ring (bicyclic) bond motifs is 1. The van der Waals surface area contributed by atoms with Crippen molar-refractivity contribution >= 4 is 17.4 Å². The summed E-state index contributed by atoms with van der Waals surface area (Å²) in [5.41, 5.74) is 1.09. The summed E-state index contributed by atoms with van der Waals surface area (Å²) in [6.07, 6.45) is 0. The first-order chi connectivity index (χ1) is 6.29. The summed E-state index contributed by atoms with van der Waals surface area (Å²) in [7, 11) is 1.63. The Balaban J connectivity index is 2.38. The predicted octanol–water partition coefficient (Wildman–Crippen LogP) is 1.46. The minimum atomic E-state index is 0.417. The van der Waals surface area contributed by atoms with E-state index in [0.29, 0.717) is 5.17 Å². The van der Waals surface area contributed by atoms with E-state index in [1.54, 1.807) is 7.11 Å². The highest BCUT2D eigenvalue weighted by Crippen LogP contribution is 2.26. The third-order valence-electron chi connectivity index (χ3n) is 1.90. The normalized spacial score (nSPS) is 14.1. The molecule has 0 aromatic heterocycles. The van der Waals surface area contributed by atoms with Gasteiger partial charge in [0.1, 0.15) is 11.5 Å². The first kappa shape index (κ1) is 8.31. The minimum absolute atomic E-state index is 0.417. The number of benzene rings is 1. The van der Waals surface area contributed by atoms with E-state index in [1.807, 2.05) is 18.2 Å². The van der Waals surface area contributed by atoms with E-state index < -0.39 is 0 Å². The van der Waals surface area contributed by atoms with Gasteiger partial charge in [-0.1, -0.05) is 0 Å². The van der Waals surface area contributed by atoms with Crippen LogP contribution in [-0.2, 0) is 6.54 Å². The van der Waals surface area contributed by atoms with Crippen LogP contribution in [0.4, 0.5) is 0 Å². The Hall–Kier alpha value is -1.29. The number of hydrogen-bond donors (Lipinski definition) is 1. The Kier molecular flexibility index (Phi) is 2.06. The predicted molar refractivity (Wildman–Crippen MR) is 53.1 cm³/mol. The van der Waals surface area contributed by atoms with Crippen LogP contribution in [0, 0.1) is 0 Å². The second-order valence-corrected chi connectivity index (χ2v) is 3.09. The van der Waals surface area contributed by atoms with Crippen LogP contribution in [-0.4, -0.2) is 12.3 Å².